The lowest BCUT2D eigenvalue weighted by Gasteiger charge is -2.15. The van der Waals surface area contributed by atoms with Crippen LogP contribution in [0.3, 0.4) is 0 Å². The van der Waals surface area contributed by atoms with E-state index < -0.39 is 21.9 Å². The highest BCUT2D eigenvalue weighted by Gasteiger charge is 2.18. The average Bonchev–Trinajstić information content (AvgIpc) is 2.49. The monoisotopic (exact) mass is 323 g/mol. The number of ether oxygens (including phenoxy) is 1. The van der Waals surface area contributed by atoms with Crippen LogP contribution in [0.4, 0.5) is 4.39 Å². The molecule has 6 heteroatoms. The molecule has 22 heavy (non-hydrogen) atoms. The molecule has 0 fully saturated rings. The first-order chi connectivity index (χ1) is 10.4. The van der Waals surface area contributed by atoms with Crippen molar-refractivity contribution in [2.45, 2.75) is 18.7 Å². The highest BCUT2D eigenvalue weighted by molar-refractivity contribution is 7.88. The molecule has 0 radical (unpaired) electrons. The van der Waals surface area contributed by atoms with Crippen molar-refractivity contribution in [1.82, 2.24) is 4.72 Å². The van der Waals surface area contributed by atoms with E-state index in [4.69, 9.17) is 4.74 Å². The molecule has 0 saturated heterocycles. The van der Waals surface area contributed by atoms with Crippen molar-refractivity contribution in [3.05, 3.63) is 65.5 Å². The summed E-state index contributed by atoms with van der Waals surface area (Å²) in [5.41, 5.74) is 0.954. The van der Waals surface area contributed by atoms with Crippen molar-refractivity contribution in [2.75, 3.05) is 7.11 Å². The largest absolute Gasteiger partial charge is 0.497 e. The molecule has 1 atom stereocenters. The second-order valence-electron chi connectivity index (χ2n) is 4.96. The standard InChI is InChI=1S/C16H18FNO3S/c1-12(13-7-9-15(21-2)10-8-13)18-22(19,20)11-14-5-3-4-6-16(14)17/h3-10,12,18H,11H2,1-2H3/t12-/m0/s1. The van der Waals surface area contributed by atoms with Crippen LogP contribution in [0.15, 0.2) is 48.5 Å². The molecule has 0 heterocycles. The first-order valence-corrected chi connectivity index (χ1v) is 8.44. The van der Waals surface area contributed by atoms with E-state index in [1.807, 2.05) is 0 Å². The Balaban J connectivity index is 2.09. The summed E-state index contributed by atoms with van der Waals surface area (Å²) in [5.74, 6) is -0.213. The molecule has 2 aromatic rings. The van der Waals surface area contributed by atoms with Gasteiger partial charge in [-0.15, -0.1) is 0 Å². The smallest absolute Gasteiger partial charge is 0.216 e. The van der Waals surface area contributed by atoms with E-state index in [0.717, 1.165) is 5.56 Å². The van der Waals surface area contributed by atoms with E-state index in [0.29, 0.717) is 5.75 Å². The minimum Gasteiger partial charge on any atom is -0.497 e. The van der Waals surface area contributed by atoms with Crippen LogP contribution in [0.1, 0.15) is 24.1 Å². The molecule has 0 aliphatic rings. The third-order valence-electron chi connectivity index (χ3n) is 3.28. The molecule has 2 rings (SSSR count). The zero-order valence-electron chi connectivity index (χ0n) is 12.4. The number of hydrogen-bond acceptors (Lipinski definition) is 3. The van der Waals surface area contributed by atoms with E-state index in [1.54, 1.807) is 44.4 Å². The molecule has 0 unspecified atom stereocenters. The van der Waals surface area contributed by atoms with Gasteiger partial charge in [0.2, 0.25) is 10.0 Å². The third-order valence-corrected chi connectivity index (χ3v) is 4.68. The lowest BCUT2D eigenvalue weighted by atomic mass is 10.1. The highest BCUT2D eigenvalue weighted by Crippen LogP contribution is 2.19. The maximum Gasteiger partial charge on any atom is 0.216 e. The van der Waals surface area contributed by atoms with Crippen molar-refractivity contribution in [3.8, 4) is 5.75 Å². The number of sulfonamides is 1. The maximum atomic E-state index is 13.6. The molecule has 0 aromatic heterocycles. The van der Waals surface area contributed by atoms with E-state index >= 15 is 0 Å². The fourth-order valence-corrected chi connectivity index (χ4v) is 3.49. The second kappa shape index (κ2) is 6.89. The molecular weight excluding hydrogens is 305 g/mol. The van der Waals surface area contributed by atoms with Gasteiger partial charge in [-0.2, -0.15) is 0 Å². The van der Waals surface area contributed by atoms with Gasteiger partial charge in [0.1, 0.15) is 11.6 Å². The molecule has 2 aromatic carbocycles. The molecule has 0 amide bonds. The molecule has 0 aliphatic heterocycles. The summed E-state index contributed by atoms with van der Waals surface area (Å²) in [7, 11) is -2.08. The van der Waals surface area contributed by atoms with Crippen molar-refractivity contribution in [2.24, 2.45) is 0 Å². The number of hydrogen-bond donors (Lipinski definition) is 1. The van der Waals surface area contributed by atoms with E-state index in [9.17, 15) is 12.8 Å². The summed E-state index contributed by atoms with van der Waals surface area (Å²) in [4.78, 5) is 0. The molecule has 0 saturated carbocycles. The van der Waals surface area contributed by atoms with Crippen LogP contribution in [-0.2, 0) is 15.8 Å². The Kier molecular flexibility index (Phi) is 5.15. The minimum atomic E-state index is -3.64. The van der Waals surface area contributed by atoms with Crippen LogP contribution in [0.25, 0.3) is 0 Å². The van der Waals surface area contributed by atoms with Gasteiger partial charge in [0.25, 0.3) is 0 Å². The van der Waals surface area contributed by atoms with Crippen LogP contribution < -0.4 is 9.46 Å². The lowest BCUT2D eigenvalue weighted by molar-refractivity contribution is 0.414. The predicted octanol–water partition coefficient (Wildman–Crippen LogP) is 3.01. The fraction of sp³-hybridized carbons (Fsp3) is 0.250. The van der Waals surface area contributed by atoms with Crippen molar-refractivity contribution in [3.63, 3.8) is 0 Å². The first-order valence-electron chi connectivity index (χ1n) is 6.78. The third kappa shape index (κ3) is 4.29. The number of methoxy groups -OCH3 is 1. The van der Waals surface area contributed by atoms with Crippen molar-refractivity contribution >= 4 is 10.0 Å². The molecule has 4 nitrogen and oxygen atoms in total. The molecule has 118 valence electrons. The Morgan fingerprint density at radius 1 is 1.14 bits per heavy atom. The van der Waals surface area contributed by atoms with Crippen molar-refractivity contribution in [1.29, 1.82) is 0 Å². The highest BCUT2D eigenvalue weighted by atomic mass is 32.2. The van der Waals surface area contributed by atoms with Crippen LogP contribution in [-0.4, -0.2) is 15.5 Å². The molecular formula is C16H18FNO3S. The fourth-order valence-electron chi connectivity index (χ4n) is 2.09. The predicted molar refractivity (Wildman–Crippen MR) is 83.6 cm³/mol. The van der Waals surface area contributed by atoms with Gasteiger partial charge in [-0.05, 0) is 30.7 Å². The number of nitrogens with one attached hydrogen (secondary N) is 1. The van der Waals surface area contributed by atoms with Crippen LogP contribution in [0, 0.1) is 5.82 Å². The van der Waals surface area contributed by atoms with E-state index in [2.05, 4.69) is 4.72 Å². The van der Waals surface area contributed by atoms with E-state index in [1.165, 1.54) is 18.2 Å². The summed E-state index contributed by atoms with van der Waals surface area (Å²) in [6.07, 6.45) is 0. The average molecular weight is 323 g/mol. The zero-order valence-corrected chi connectivity index (χ0v) is 13.2. The Labute approximate surface area is 130 Å². The Morgan fingerprint density at radius 2 is 1.77 bits per heavy atom. The van der Waals surface area contributed by atoms with E-state index in [-0.39, 0.29) is 11.3 Å². The zero-order chi connectivity index (χ0) is 16.2. The van der Waals surface area contributed by atoms with Crippen molar-refractivity contribution < 1.29 is 17.5 Å². The van der Waals surface area contributed by atoms with Gasteiger partial charge in [0.05, 0.1) is 12.9 Å². The number of halogens is 1. The maximum absolute atomic E-state index is 13.6. The molecule has 0 spiro atoms. The normalized spacial score (nSPS) is 12.9. The summed E-state index contributed by atoms with van der Waals surface area (Å²) in [6.45, 7) is 1.74. The molecule has 0 bridgehead atoms. The Hall–Kier alpha value is -1.92. The van der Waals surface area contributed by atoms with Crippen LogP contribution in [0.5, 0.6) is 5.75 Å². The number of benzene rings is 2. The summed E-state index contributed by atoms with van der Waals surface area (Å²) < 4.78 is 45.5. The van der Waals surface area contributed by atoms with Gasteiger partial charge in [0, 0.05) is 11.6 Å². The van der Waals surface area contributed by atoms with Gasteiger partial charge in [-0.25, -0.2) is 17.5 Å². The van der Waals surface area contributed by atoms with Crippen LogP contribution in [0.2, 0.25) is 0 Å². The van der Waals surface area contributed by atoms with Crippen LogP contribution >= 0.6 is 0 Å². The van der Waals surface area contributed by atoms with Gasteiger partial charge in [-0.3, -0.25) is 0 Å². The molecule has 1 N–H and O–H groups in total. The minimum absolute atomic E-state index is 0.150. The Morgan fingerprint density at radius 3 is 2.36 bits per heavy atom. The Bertz CT molecular complexity index is 729. The molecule has 0 aliphatic carbocycles. The van der Waals surface area contributed by atoms with Gasteiger partial charge in [-0.1, -0.05) is 30.3 Å². The topological polar surface area (TPSA) is 55.4 Å². The first kappa shape index (κ1) is 16.5. The number of rotatable bonds is 6. The summed E-state index contributed by atoms with van der Waals surface area (Å²) in [5, 5.41) is 0. The lowest BCUT2D eigenvalue weighted by Crippen LogP contribution is -2.28. The van der Waals surface area contributed by atoms with Gasteiger partial charge < -0.3 is 4.74 Å². The van der Waals surface area contributed by atoms with Gasteiger partial charge in [0.15, 0.2) is 0 Å². The summed E-state index contributed by atoms with van der Waals surface area (Å²) in [6, 6.07) is 12.5. The summed E-state index contributed by atoms with van der Waals surface area (Å²) >= 11 is 0. The van der Waals surface area contributed by atoms with Gasteiger partial charge >= 0.3 is 0 Å². The second-order valence-corrected chi connectivity index (χ2v) is 6.72. The quantitative estimate of drug-likeness (QED) is 0.889. The SMILES string of the molecule is COc1ccc([C@H](C)NS(=O)(=O)Cc2ccccc2F)cc1.